The van der Waals surface area contributed by atoms with E-state index in [1.165, 1.54) is 0 Å². The first kappa shape index (κ1) is 15.5. The predicted molar refractivity (Wildman–Crippen MR) is 83.2 cm³/mol. The van der Waals surface area contributed by atoms with Crippen molar-refractivity contribution in [2.24, 2.45) is 11.8 Å². The van der Waals surface area contributed by atoms with Crippen LogP contribution in [0.4, 0.5) is 5.69 Å². The first-order valence-electron chi connectivity index (χ1n) is 7.52. The van der Waals surface area contributed by atoms with Gasteiger partial charge in [-0.05, 0) is 31.0 Å². The van der Waals surface area contributed by atoms with Crippen LogP contribution < -0.4 is 16.0 Å². The normalized spacial score (nSPS) is 21.0. The lowest BCUT2D eigenvalue weighted by atomic mass is 9.97. The van der Waals surface area contributed by atoms with Crippen LogP contribution in [0.15, 0.2) is 24.3 Å². The van der Waals surface area contributed by atoms with Crippen LogP contribution in [0.25, 0.3) is 0 Å². The molecule has 0 saturated carbocycles. The number of carbonyl (C=O) groups is 2. The second-order valence-electron chi connectivity index (χ2n) is 5.53. The van der Waals surface area contributed by atoms with Crippen molar-refractivity contribution in [3.05, 3.63) is 29.8 Å². The number of hydrogen-bond acceptors (Lipinski definition) is 3. The topological polar surface area (TPSA) is 70.2 Å². The zero-order valence-electron chi connectivity index (χ0n) is 12.6. The Morgan fingerprint density at radius 3 is 2.71 bits per heavy atom. The van der Waals surface area contributed by atoms with E-state index in [4.69, 9.17) is 0 Å². The van der Waals surface area contributed by atoms with E-state index in [0.717, 1.165) is 13.0 Å². The molecule has 0 bridgehead atoms. The van der Waals surface area contributed by atoms with Gasteiger partial charge < -0.3 is 16.0 Å². The Morgan fingerprint density at radius 1 is 1.29 bits per heavy atom. The smallest absolute Gasteiger partial charge is 0.253 e. The van der Waals surface area contributed by atoms with E-state index in [1.807, 2.05) is 13.0 Å². The van der Waals surface area contributed by atoms with Crippen LogP contribution in [-0.2, 0) is 4.79 Å². The summed E-state index contributed by atoms with van der Waals surface area (Å²) in [6.07, 6.45) is 0.880. The minimum Gasteiger partial charge on any atom is -0.352 e. The molecule has 3 N–H and O–H groups in total. The summed E-state index contributed by atoms with van der Waals surface area (Å²) >= 11 is 0. The molecular weight excluding hydrogens is 266 g/mol. The van der Waals surface area contributed by atoms with Gasteiger partial charge in [0.05, 0.1) is 17.2 Å². The number of amides is 2. The third-order valence-electron chi connectivity index (χ3n) is 3.82. The molecule has 0 radical (unpaired) electrons. The summed E-state index contributed by atoms with van der Waals surface area (Å²) in [6, 6.07) is 7.13. The first-order valence-corrected chi connectivity index (χ1v) is 7.52. The van der Waals surface area contributed by atoms with Gasteiger partial charge >= 0.3 is 0 Å². The summed E-state index contributed by atoms with van der Waals surface area (Å²) in [7, 11) is 0. The summed E-state index contributed by atoms with van der Waals surface area (Å²) in [5.41, 5.74) is 1.09. The van der Waals surface area contributed by atoms with Gasteiger partial charge in [-0.15, -0.1) is 0 Å². The van der Waals surface area contributed by atoms with E-state index in [-0.39, 0.29) is 17.7 Å². The number of para-hydroxylation sites is 1. The summed E-state index contributed by atoms with van der Waals surface area (Å²) in [6.45, 7) is 6.24. The number of nitrogens with one attached hydrogen (secondary N) is 3. The van der Waals surface area contributed by atoms with Gasteiger partial charge in [0, 0.05) is 13.1 Å². The van der Waals surface area contributed by atoms with Gasteiger partial charge in [-0.2, -0.15) is 0 Å². The van der Waals surface area contributed by atoms with E-state index in [1.54, 1.807) is 18.2 Å². The third kappa shape index (κ3) is 3.82. The molecule has 0 aromatic heterocycles. The van der Waals surface area contributed by atoms with E-state index in [2.05, 4.69) is 22.9 Å². The van der Waals surface area contributed by atoms with E-state index in [0.29, 0.717) is 30.3 Å². The van der Waals surface area contributed by atoms with Crippen molar-refractivity contribution in [3.8, 4) is 0 Å². The molecule has 1 heterocycles. The van der Waals surface area contributed by atoms with Crippen LogP contribution in [-0.4, -0.2) is 31.4 Å². The maximum absolute atomic E-state index is 12.3. The highest BCUT2D eigenvalue weighted by atomic mass is 16.2. The minimum atomic E-state index is -0.148. The largest absolute Gasteiger partial charge is 0.352 e. The molecule has 1 saturated heterocycles. The van der Waals surface area contributed by atoms with Crippen molar-refractivity contribution in [2.45, 2.75) is 20.3 Å². The Bertz CT molecular complexity index is 516. The second-order valence-corrected chi connectivity index (χ2v) is 5.53. The number of carbonyl (C=O) groups excluding carboxylic acids is 2. The van der Waals surface area contributed by atoms with Gasteiger partial charge in [0.2, 0.25) is 5.91 Å². The summed E-state index contributed by atoms with van der Waals surface area (Å²) < 4.78 is 0. The molecule has 5 nitrogen and oxygen atoms in total. The first-order chi connectivity index (χ1) is 10.1. The zero-order valence-corrected chi connectivity index (χ0v) is 12.6. The molecule has 0 spiro atoms. The maximum atomic E-state index is 12.3. The SMILES string of the molecule is CCCNC(=O)c1ccccc1NC(=O)[C@@H]1CNC[C@H]1C. The lowest BCUT2D eigenvalue weighted by molar-refractivity contribution is -0.120. The number of hydrogen-bond donors (Lipinski definition) is 3. The highest BCUT2D eigenvalue weighted by Crippen LogP contribution is 2.20. The zero-order chi connectivity index (χ0) is 15.2. The Balaban J connectivity index is 2.09. The average molecular weight is 289 g/mol. The Morgan fingerprint density at radius 2 is 2.05 bits per heavy atom. The van der Waals surface area contributed by atoms with Crippen molar-refractivity contribution in [1.29, 1.82) is 0 Å². The van der Waals surface area contributed by atoms with Gasteiger partial charge in [0.15, 0.2) is 0 Å². The van der Waals surface area contributed by atoms with Crippen molar-refractivity contribution in [1.82, 2.24) is 10.6 Å². The summed E-state index contributed by atoms with van der Waals surface area (Å²) in [5, 5.41) is 8.95. The second kappa shape index (κ2) is 7.22. The molecule has 5 heteroatoms. The average Bonchev–Trinajstić information content (AvgIpc) is 2.91. The standard InChI is InChI=1S/C16H23N3O2/c1-3-8-18-15(20)12-6-4-5-7-14(12)19-16(21)13-10-17-9-11(13)2/h4-7,11,13,17H,3,8-10H2,1-2H3,(H,18,20)(H,19,21)/t11-,13-/m1/s1. The Labute approximate surface area is 125 Å². The van der Waals surface area contributed by atoms with E-state index >= 15 is 0 Å². The molecule has 1 aliphatic rings. The van der Waals surface area contributed by atoms with Gasteiger partial charge in [-0.3, -0.25) is 9.59 Å². The highest BCUT2D eigenvalue weighted by Gasteiger charge is 2.30. The van der Waals surface area contributed by atoms with Crippen molar-refractivity contribution in [3.63, 3.8) is 0 Å². The predicted octanol–water partition coefficient (Wildman–Crippen LogP) is 1.62. The van der Waals surface area contributed by atoms with Gasteiger partial charge in [0.25, 0.3) is 5.91 Å². The maximum Gasteiger partial charge on any atom is 0.253 e. The van der Waals surface area contributed by atoms with Crippen molar-refractivity contribution >= 4 is 17.5 Å². The molecule has 21 heavy (non-hydrogen) atoms. The number of anilines is 1. The molecule has 1 aliphatic heterocycles. The lowest BCUT2D eigenvalue weighted by Gasteiger charge is -2.16. The molecule has 0 aliphatic carbocycles. The molecule has 2 amide bonds. The molecule has 114 valence electrons. The number of benzene rings is 1. The van der Waals surface area contributed by atoms with Crippen molar-refractivity contribution in [2.75, 3.05) is 25.0 Å². The summed E-state index contributed by atoms with van der Waals surface area (Å²) in [5.74, 6) is 0.0939. The molecule has 1 aromatic rings. The van der Waals surface area contributed by atoms with Crippen molar-refractivity contribution < 1.29 is 9.59 Å². The molecule has 0 unspecified atom stereocenters. The van der Waals surface area contributed by atoms with Crippen LogP contribution in [0.1, 0.15) is 30.6 Å². The molecule has 1 aromatic carbocycles. The van der Waals surface area contributed by atoms with E-state index in [9.17, 15) is 9.59 Å². The fraction of sp³-hybridized carbons (Fsp3) is 0.500. The van der Waals surface area contributed by atoms with Crippen LogP contribution in [0, 0.1) is 11.8 Å². The summed E-state index contributed by atoms with van der Waals surface area (Å²) in [4.78, 5) is 24.4. The van der Waals surface area contributed by atoms with Gasteiger partial charge in [-0.1, -0.05) is 26.0 Å². The van der Waals surface area contributed by atoms with Crippen LogP contribution in [0.5, 0.6) is 0 Å². The van der Waals surface area contributed by atoms with Crippen LogP contribution >= 0.6 is 0 Å². The quantitative estimate of drug-likeness (QED) is 0.771. The van der Waals surface area contributed by atoms with E-state index < -0.39 is 0 Å². The van der Waals surface area contributed by atoms with Gasteiger partial charge in [-0.25, -0.2) is 0 Å². The number of rotatable bonds is 5. The molecule has 2 atom stereocenters. The van der Waals surface area contributed by atoms with Crippen LogP contribution in [0.2, 0.25) is 0 Å². The highest BCUT2D eigenvalue weighted by molar-refractivity contribution is 6.04. The third-order valence-corrected chi connectivity index (χ3v) is 3.82. The minimum absolute atomic E-state index is 0.0248. The Kier molecular flexibility index (Phi) is 5.33. The lowest BCUT2D eigenvalue weighted by Crippen LogP contribution is -2.30. The molecule has 1 fully saturated rings. The molecular formula is C16H23N3O2. The monoisotopic (exact) mass is 289 g/mol. The van der Waals surface area contributed by atoms with Crippen LogP contribution in [0.3, 0.4) is 0 Å². The fourth-order valence-corrected chi connectivity index (χ4v) is 2.51. The molecule has 2 rings (SSSR count). The Hall–Kier alpha value is -1.88. The van der Waals surface area contributed by atoms with Gasteiger partial charge in [0.1, 0.15) is 0 Å². The fourth-order valence-electron chi connectivity index (χ4n) is 2.51.